The van der Waals surface area contributed by atoms with Crippen LogP contribution in [0.5, 0.6) is 0 Å². The van der Waals surface area contributed by atoms with Gasteiger partial charge in [0.05, 0.1) is 0 Å². The van der Waals surface area contributed by atoms with Crippen LogP contribution in [-0.4, -0.2) is 56.0 Å². The average molecular weight is 276 g/mol. The fourth-order valence-corrected chi connectivity index (χ4v) is 1.06. The predicted molar refractivity (Wildman–Crippen MR) is 65.7 cm³/mol. The van der Waals surface area contributed by atoms with Gasteiger partial charge in [-0.2, -0.15) is 0 Å². The lowest BCUT2D eigenvalue weighted by atomic mass is 10.4. The maximum Gasteiger partial charge on any atom is 0.329 e. The Bertz CT molecular complexity index is 295. The first-order chi connectivity index (χ1) is 9.06. The van der Waals surface area contributed by atoms with Gasteiger partial charge in [0.15, 0.2) is 0 Å². The molecule has 8 nitrogen and oxygen atoms in total. The van der Waals surface area contributed by atoms with Gasteiger partial charge >= 0.3 is 12.0 Å². The molecule has 0 bridgehead atoms. The molecule has 0 aromatic carbocycles. The Labute approximate surface area is 111 Å². The van der Waals surface area contributed by atoms with Crippen molar-refractivity contribution in [3.05, 3.63) is 0 Å². The van der Waals surface area contributed by atoms with Crippen molar-refractivity contribution in [3.63, 3.8) is 0 Å². The third kappa shape index (κ3) is 12.6. The molecule has 0 radical (unpaired) electrons. The quantitative estimate of drug-likeness (QED) is 0.473. The summed E-state index contributed by atoms with van der Waals surface area (Å²) in [6, 6.07) is -0.639. The lowest BCUT2D eigenvalue weighted by Crippen LogP contribution is -2.41. The zero-order valence-electron chi connectivity index (χ0n) is 10.9. The number of imide groups is 1. The number of hydrogen-bond acceptors (Lipinski definition) is 5. The van der Waals surface area contributed by atoms with Crippen molar-refractivity contribution in [2.24, 2.45) is 0 Å². The number of urea groups is 1. The Hall–Kier alpha value is -1.67. The van der Waals surface area contributed by atoms with Crippen LogP contribution in [0.25, 0.3) is 0 Å². The lowest BCUT2D eigenvalue weighted by Gasteiger charge is -2.07. The number of ether oxygens (including phenoxy) is 2. The highest BCUT2D eigenvalue weighted by molar-refractivity contribution is 5.94. The van der Waals surface area contributed by atoms with E-state index >= 15 is 0 Å². The third-order valence-corrected chi connectivity index (χ3v) is 1.81. The number of carboxylic acids is 1. The molecule has 3 N–H and O–H groups in total. The number of carboxylic acid groups (broad SMARTS) is 1. The van der Waals surface area contributed by atoms with E-state index in [1.165, 1.54) is 0 Å². The Kier molecular flexibility index (Phi) is 10.4. The highest BCUT2D eigenvalue weighted by Gasteiger charge is 2.07. The summed E-state index contributed by atoms with van der Waals surface area (Å²) in [7, 11) is 0. The zero-order valence-corrected chi connectivity index (χ0v) is 10.9. The highest BCUT2D eigenvalue weighted by Crippen LogP contribution is 1.84. The highest BCUT2D eigenvalue weighted by atomic mass is 16.5. The molecule has 110 valence electrons. The second kappa shape index (κ2) is 11.4. The van der Waals surface area contributed by atoms with Gasteiger partial charge in [-0.1, -0.05) is 6.92 Å². The van der Waals surface area contributed by atoms with Crippen molar-refractivity contribution in [1.29, 1.82) is 0 Å². The average Bonchev–Trinajstić information content (AvgIpc) is 2.33. The second-order valence-electron chi connectivity index (χ2n) is 3.66. The topological polar surface area (TPSA) is 114 Å². The van der Waals surface area contributed by atoms with E-state index in [1.54, 1.807) is 0 Å². The van der Waals surface area contributed by atoms with E-state index in [4.69, 9.17) is 9.84 Å². The van der Waals surface area contributed by atoms with Gasteiger partial charge in [0.2, 0.25) is 0 Å². The van der Waals surface area contributed by atoms with Crippen molar-refractivity contribution >= 4 is 17.9 Å². The maximum atomic E-state index is 11.2. The number of rotatable bonds is 10. The monoisotopic (exact) mass is 276 g/mol. The first kappa shape index (κ1) is 17.3. The number of carbonyl (C=O) groups excluding carboxylic acids is 2. The molecule has 19 heavy (non-hydrogen) atoms. The number of aliphatic carboxylic acids is 1. The van der Waals surface area contributed by atoms with Gasteiger partial charge in [-0.3, -0.25) is 10.1 Å². The van der Waals surface area contributed by atoms with Gasteiger partial charge in [0.1, 0.15) is 13.2 Å². The standard InChI is InChI=1S/C11H20N2O6/c1-2-5-18-6-3-4-12-11(17)13-9(14)7-19-8-10(15)16/h2-8H2,1H3,(H,15,16)(H2,12,13,14,17). The normalized spacial score (nSPS) is 9.95. The van der Waals surface area contributed by atoms with E-state index in [0.717, 1.165) is 6.42 Å². The van der Waals surface area contributed by atoms with Crippen molar-refractivity contribution < 1.29 is 29.0 Å². The molecule has 0 aliphatic rings. The summed E-state index contributed by atoms with van der Waals surface area (Å²) in [5, 5.41) is 12.7. The van der Waals surface area contributed by atoms with Crippen LogP contribution >= 0.6 is 0 Å². The molecule has 0 aliphatic heterocycles. The van der Waals surface area contributed by atoms with Crippen molar-refractivity contribution in [2.45, 2.75) is 19.8 Å². The molecule has 0 atom stereocenters. The molecular formula is C11H20N2O6. The van der Waals surface area contributed by atoms with E-state index < -0.39 is 31.1 Å². The molecule has 0 saturated heterocycles. The van der Waals surface area contributed by atoms with Crippen LogP contribution < -0.4 is 10.6 Å². The summed E-state index contributed by atoms with van der Waals surface area (Å²) >= 11 is 0. The summed E-state index contributed by atoms with van der Waals surface area (Å²) in [5.41, 5.74) is 0. The smallest absolute Gasteiger partial charge is 0.329 e. The summed E-state index contributed by atoms with van der Waals surface area (Å²) < 4.78 is 9.72. The van der Waals surface area contributed by atoms with Crippen LogP contribution in [0.2, 0.25) is 0 Å². The molecule has 0 saturated carbocycles. The van der Waals surface area contributed by atoms with Crippen LogP contribution in [0.3, 0.4) is 0 Å². The number of carbonyl (C=O) groups is 3. The zero-order chi connectivity index (χ0) is 14.5. The Balaban J connectivity index is 3.46. The fraction of sp³-hybridized carbons (Fsp3) is 0.727. The Morgan fingerprint density at radius 2 is 1.84 bits per heavy atom. The number of amides is 3. The Morgan fingerprint density at radius 3 is 2.47 bits per heavy atom. The summed E-state index contributed by atoms with van der Waals surface area (Å²) in [5.74, 6) is -1.87. The second-order valence-corrected chi connectivity index (χ2v) is 3.66. The van der Waals surface area contributed by atoms with Gasteiger partial charge in [-0.25, -0.2) is 9.59 Å². The largest absolute Gasteiger partial charge is 0.480 e. The van der Waals surface area contributed by atoms with Crippen LogP contribution in [0, 0.1) is 0 Å². The molecule has 8 heteroatoms. The molecule has 3 amide bonds. The minimum absolute atomic E-state index is 0.388. The lowest BCUT2D eigenvalue weighted by molar-refractivity contribution is -0.143. The minimum Gasteiger partial charge on any atom is -0.480 e. The molecular weight excluding hydrogens is 256 g/mol. The van der Waals surface area contributed by atoms with E-state index in [1.807, 2.05) is 12.2 Å². The maximum absolute atomic E-state index is 11.2. The molecule has 0 fully saturated rings. The summed E-state index contributed by atoms with van der Waals surface area (Å²) in [6.07, 6.45) is 1.59. The van der Waals surface area contributed by atoms with Gasteiger partial charge in [-0.05, 0) is 12.8 Å². The van der Waals surface area contributed by atoms with Crippen molar-refractivity contribution in [1.82, 2.24) is 10.6 Å². The summed E-state index contributed by atoms with van der Waals surface area (Å²) in [4.78, 5) is 32.4. The number of hydrogen-bond donors (Lipinski definition) is 3. The van der Waals surface area contributed by atoms with E-state index in [0.29, 0.717) is 26.2 Å². The van der Waals surface area contributed by atoms with Crippen LogP contribution in [0.4, 0.5) is 4.79 Å². The van der Waals surface area contributed by atoms with Gasteiger partial charge < -0.3 is 19.9 Å². The molecule has 0 rings (SSSR count). The molecule has 0 aliphatic carbocycles. The summed E-state index contributed by atoms with van der Waals surface area (Å²) in [6.45, 7) is 2.57. The molecule has 0 aromatic rings. The molecule has 0 aromatic heterocycles. The van der Waals surface area contributed by atoms with Gasteiger partial charge in [0, 0.05) is 19.8 Å². The van der Waals surface area contributed by atoms with Crippen LogP contribution in [0.15, 0.2) is 0 Å². The Morgan fingerprint density at radius 1 is 1.11 bits per heavy atom. The molecule has 0 heterocycles. The fourth-order valence-electron chi connectivity index (χ4n) is 1.06. The molecule has 0 unspecified atom stereocenters. The third-order valence-electron chi connectivity index (χ3n) is 1.81. The first-order valence-corrected chi connectivity index (χ1v) is 6.01. The first-order valence-electron chi connectivity index (χ1n) is 6.01. The van der Waals surface area contributed by atoms with E-state index in [9.17, 15) is 14.4 Å². The van der Waals surface area contributed by atoms with Crippen LogP contribution in [-0.2, 0) is 19.1 Å². The van der Waals surface area contributed by atoms with Gasteiger partial charge in [0.25, 0.3) is 5.91 Å². The van der Waals surface area contributed by atoms with Gasteiger partial charge in [-0.15, -0.1) is 0 Å². The SMILES string of the molecule is CCCOCCCNC(=O)NC(=O)COCC(=O)O. The number of nitrogens with one attached hydrogen (secondary N) is 2. The predicted octanol–water partition coefficient (Wildman–Crippen LogP) is -0.270. The van der Waals surface area contributed by atoms with E-state index in [-0.39, 0.29) is 0 Å². The van der Waals surface area contributed by atoms with Crippen LogP contribution in [0.1, 0.15) is 19.8 Å². The van der Waals surface area contributed by atoms with Crippen molar-refractivity contribution in [2.75, 3.05) is 33.0 Å². The van der Waals surface area contributed by atoms with E-state index in [2.05, 4.69) is 10.1 Å². The minimum atomic E-state index is -1.18. The molecule has 0 spiro atoms. The van der Waals surface area contributed by atoms with Crippen molar-refractivity contribution in [3.8, 4) is 0 Å².